The molecule has 22 heavy (non-hydrogen) atoms. The van der Waals surface area contributed by atoms with Crippen LogP contribution in [0, 0.1) is 5.82 Å². The first-order valence-corrected chi connectivity index (χ1v) is 7.94. The number of nitrogens with zero attached hydrogens (tertiary/aromatic N) is 1. The topological polar surface area (TPSA) is 45.7 Å². The number of halogens is 1. The van der Waals surface area contributed by atoms with Gasteiger partial charge in [0.15, 0.2) is 5.96 Å². The number of hydrogen-bond acceptors (Lipinski definition) is 2. The van der Waals surface area contributed by atoms with E-state index in [1.54, 1.807) is 19.2 Å². The van der Waals surface area contributed by atoms with Gasteiger partial charge in [-0.05, 0) is 50.3 Å². The van der Waals surface area contributed by atoms with Gasteiger partial charge < -0.3 is 15.4 Å². The quantitative estimate of drug-likeness (QED) is 0.482. The minimum absolute atomic E-state index is 0.0841. The average molecular weight is 307 g/mol. The van der Waals surface area contributed by atoms with Gasteiger partial charge in [-0.15, -0.1) is 0 Å². The minimum atomic E-state index is -0.173. The van der Waals surface area contributed by atoms with E-state index in [0.717, 1.165) is 56.9 Å². The third-order valence-electron chi connectivity index (χ3n) is 3.98. The van der Waals surface area contributed by atoms with E-state index in [4.69, 9.17) is 4.74 Å². The van der Waals surface area contributed by atoms with Crippen LogP contribution in [0.4, 0.5) is 4.39 Å². The molecule has 2 N–H and O–H groups in total. The van der Waals surface area contributed by atoms with Crippen molar-refractivity contribution in [3.63, 3.8) is 0 Å². The molecule has 0 amide bonds. The summed E-state index contributed by atoms with van der Waals surface area (Å²) in [6.07, 6.45) is 3.98. The van der Waals surface area contributed by atoms with Crippen molar-refractivity contribution in [2.75, 3.05) is 26.7 Å². The summed E-state index contributed by atoms with van der Waals surface area (Å²) in [7, 11) is 1.76. The summed E-state index contributed by atoms with van der Waals surface area (Å²) in [5, 5.41) is 6.60. The van der Waals surface area contributed by atoms with Crippen LogP contribution in [0.2, 0.25) is 0 Å². The van der Waals surface area contributed by atoms with E-state index in [9.17, 15) is 4.39 Å². The van der Waals surface area contributed by atoms with E-state index in [0.29, 0.717) is 0 Å². The molecule has 4 nitrogen and oxygen atoms in total. The van der Waals surface area contributed by atoms with E-state index < -0.39 is 0 Å². The lowest BCUT2D eigenvalue weighted by Gasteiger charge is -2.24. The number of guanidine groups is 1. The molecule has 1 unspecified atom stereocenters. The Balaban J connectivity index is 1.66. The highest BCUT2D eigenvalue weighted by atomic mass is 19.1. The summed E-state index contributed by atoms with van der Waals surface area (Å²) in [5.74, 6) is 0.615. The molecule has 0 aromatic heterocycles. The van der Waals surface area contributed by atoms with Gasteiger partial charge in [0, 0.05) is 26.7 Å². The monoisotopic (exact) mass is 307 g/mol. The second kappa shape index (κ2) is 8.13. The third-order valence-corrected chi connectivity index (χ3v) is 3.98. The second-order valence-corrected chi connectivity index (χ2v) is 5.99. The summed E-state index contributed by atoms with van der Waals surface area (Å²) in [4.78, 5) is 4.22. The zero-order chi connectivity index (χ0) is 15.8. The van der Waals surface area contributed by atoms with Crippen molar-refractivity contribution in [2.45, 2.75) is 38.2 Å². The molecule has 5 heteroatoms. The molecule has 1 fully saturated rings. The van der Waals surface area contributed by atoms with Crippen LogP contribution >= 0.6 is 0 Å². The minimum Gasteiger partial charge on any atom is -0.373 e. The van der Waals surface area contributed by atoms with E-state index in [2.05, 4.69) is 22.5 Å². The maximum Gasteiger partial charge on any atom is 0.191 e. The van der Waals surface area contributed by atoms with Crippen LogP contribution in [0.5, 0.6) is 0 Å². The fourth-order valence-corrected chi connectivity index (χ4v) is 2.66. The van der Waals surface area contributed by atoms with Crippen LogP contribution in [0.1, 0.15) is 31.7 Å². The molecule has 1 atom stereocenters. The van der Waals surface area contributed by atoms with Crippen LogP contribution in [0.15, 0.2) is 29.3 Å². The summed E-state index contributed by atoms with van der Waals surface area (Å²) in [5.41, 5.74) is 0.941. The average Bonchev–Trinajstić information content (AvgIpc) is 2.94. The molecule has 2 rings (SSSR count). The molecule has 1 aliphatic rings. The number of nitrogens with one attached hydrogen (secondary N) is 2. The van der Waals surface area contributed by atoms with Crippen molar-refractivity contribution >= 4 is 5.96 Å². The Bertz CT molecular complexity index is 498. The highest BCUT2D eigenvalue weighted by Crippen LogP contribution is 2.23. The molecular formula is C17H26FN3O. The molecular weight excluding hydrogens is 281 g/mol. The maximum atomic E-state index is 13.1. The van der Waals surface area contributed by atoms with E-state index in [1.165, 1.54) is 6.07 Å². The SMILES string of the molecule is CN=C(NCCCc1cccc(F)c1)NCC1(C)CCCO1. The van der Waals surface area contributed by atoms with Gasteiger partial charge in [-0.2, -0.15) is 0 Å². The van der Waals surface area contributed by atoms with Crippen molar-refractivity contribution in [3.8, 4) is 0 Å². The van der Waals surface area contributed by atoms with Crippen LogP contribution in [0.3, 0.4) is 0 Å². The van der Waals surface area contributed by atoms with Crippen molar-refractivity contribution in [3.05, 3.63) is 35.6 Å². The van der Waals surface area contributed by atoms with E-state index in [-0.39, 0.29) is 11.4 Å². The second-order valence-electron chi connectivity index (χ2n) is 5.99. The number of aryl methyl sites for hydroxylation is 1. The number of ether oxygens (including phenoxy) is 1. The maximum absolute atomic E-state index is 13.1. The Morgan fingerprint density at radius 2 is 2.27 bits per heavy atom. The predicted octanol–water partition coefficient (Wildman–Crippen LogP) is 2.49. The van der Waals surface area contributed by atoms with Crippen molar-refractivity contribution < 1.29 is 9.13 Å². The Hall–Kier alpha value is -1.62. The van der Waals surface area contributed by atoms with Gasteiger partial charge in [0.25, 0.3) is 0 Å². The van der Waals surface area contributed by atoms with E-state index >= 15 is 0 Å². The van der Waals surface area contributed by atoms with Gasteiger partial charge >= 0.3 is 0 Å². The Labute approximate surface area is 132 Å². The first-order chi connectivity index (χ1) is 10.6. The van der Waals surface area contributed by atoms with Gasteiger partial charge in [-0.25, -0.2) is 4.39 Å². The van der Waals surface area contributed by atoms with Crippen LogP contribution < -0.4 is 10.6 Å². The molecule has 0 spiro atoms. The van der Waals surface area contributed by atoms with Gasteiger partial charge in [-0.3, -0.25) is 4.99 Å². The number of rotatable bonds is 6. The molecule has 1 aromatic rings. The molecule has 1 heterocycles. The summed E-state index contributed by atoms with van der Waals surface area (Å²) in [6.45, 7) is 4.53. The molecule has 122 valence electrons. The number of benzene rings is 1. The fourth-order valence-electron chi connectivity index (χ4n) is 2.66. The molecule has 1 aliphatic heterocycles. The summed E-state index contributed by atoms with van der Waals surface area (Å²) in [6, 6.07) is 6.76. The number of hydrogen-bond donors (Lipinski definition) is 2. The Morgan fingerprint density at radius 1 is 1.41 bits per heavy atom. The van der Waals surface area contributed by atoms with Gasteiger partial charge in [-0.1, -0.05) is 12.1 Å². The van der Waals surface area contributed by atoms with Crippen molar-refractivity contribution in [1.29, 1.82) is 0 Å². The first-order valence-electron chi connectivity index (χ1n) is 7.94. The molecule has 1 saturated heterocycles. The van der Waals surface area contributed by atoms with Crippen LogP contribution in [-0.2, 0) is 11.2 Å². The molecule has 0 radical (unpaired) electrons. The van der Waals surface area contributed by atoms with Crippen molar-refractivity contribution in [1.82, 2.24) is 10.6 Å². The van der Waals surface area contributed by atoms with Gasteiger partial charge in [0.2, 0.25) is 0 Å². The zero-order valence-corrected chi connectivity index (χ0v) is 13.5. The molecule has 0 aliphatic carbocycles. The Kier molecular flexibility index (Phi) is 6.19. The summed E-state index contributed by atoms with van der Waals surface area (Å²) >= 11 is 0. The van der Waals surface area contributed by atoms with Gasteiger partial charge in [0.05, 0.1) is 5.60 Å². The lowest BCUT2D eigenvalue weighted by Crippen LogP contribution is -2.45. The predicted molar refractivity (Wildman–Crippen MR) is 87.7 cm³/mol. The van der Waals surface area contributed by atoms with Crippen LogP contribution in [0.25, 0.3) is 0 Å². The molecule has 1 aromatic carbocycles. The standard InChI is InChI=1S/C17H26FN3O/c1-17(9-5-11-22-17)13-21-16(19-2)20-10-4-7-14-6-3-8-15(18)12-14/h3,6,8,12H,4-5,7,9-11,13H2,1-2H3,(H2,19,20,21). The lowest BCUT2D eigenvalue weighted by atomic mass is 10.0. The van der Waals surface area contributed by atoms with Crippen molar-refractivity contribution in [2.24, 2.45) is 4.99 Å². The highest BCUT2D eigenvalue weighted by molar-refractivity contribution is 5.79. The normalized spacial score (nSPS) is 21.9. The first kappa shape index (κ1) is 16.7. The fraction of sp³-hybridized carbons (Fsp3) is 0.588. The largest absolute Gasteiger partial charge is 0.373 e. The van der Waals surface area contributed by atoms with Crippen LogP contribution in [-0.4, -0.2) is 38.3 Å². The Morgan fingerprint density at radius 3 is 2.95 bits per heavy atom. The molecule has 0 saturated carbocycles. The smallest absolute Gasteiger partial charge is 0.191 e. The lowest BCUT2D eigenvalue weighted by molar-refractivity contribution is 0.0243. The summed E-state index contributed by atoms with van der Waals surface area (Å²) < 4.78 is 18.8. The zero-order valence-electron chi connectivity index (χ0n) is 13.5. The van der Waals surface area contributed by atoms with Gasteiger partial charge in [0.1, 0.15) is 5.82 Å². The molecule has 0 bridgehead atoms. The third kappa shape index (κ3) is 5.30. The number of aliphatic imine (C=N–C) groups is 1. The highest BCUT2D eigenvalue weighted by Gasteiger charge is 2.29. The van der Waals surface area contributed by atoms with E-state index in [1.807, 2.05) is 6.07 Å².